The number of benzene rings is 2. The van der Waals surface area contributed by atoms with Crippen molar-refractivity contribution in [3.05, 3.63) is 51.5 Å². The second kappa shape index (κ2) is 15.2. The van der Waals surface area contributed by atoms with Crippen LogP contribution in [0.2, 0.25) is 0 Å². The molecule has 7 rings (SSSR count). The summed E-state index contributed by atoms with van der Waals surface area (Å²) in [5, 5.41) is 8.27. The van der Waals surface area contributed by atoms with Crippen LogP contribution in [-0.4, -0.2) is 58.2 Å². The summed E-state index contributed by atoms with van der Waals surface area (Å²) in [5.74, 6) is 7.37. The number of urea groups is 2. The van der Waals surface area contributed by atoms with Crippen LogP contribution in [0.3, 0.4) is 0 Å². The van der Waals surface area contributed by atoms with Crippen LogP contribution >= 0.6 is 15.9 Å². The molecule has 290 valence electrons. The molecule has 4 N–H and O–H groups in total. The Kier molecular flexibility index (Phi) is 12.1. The van der Waals surface area contributed by atoms with Gasteiger partial charge in [-0.3, -0.25) is 0 Å². The zero-order chi connectivity index (χ0) is 40.2. The molecule has 4 radical (unpaired) electrons. The van der Waals surface area contributed by atoms with E-state index in [0.29, 0.717) is 12.8 Å². The van der Waals surface area contributed by atoms with Crippen LogP contribution in [0.25, 0.3) is 0 Å². The van der Waals surface area contributed by atoms with E-state index in [1.165, 1.54) is 0 Å². The maximum atomic E-state index is 15.1. The fourth-order valence-electron chi connectivity index (χ4n) is 5.56. The van der Waals surface area contributed by atoms with Gasteiger partial charge in [-0.05, 0) is 93.6 Å². The van der Waals surface area contributed by atoms with Crippen LogP contribution < -0.4 is 26.7 Å². The molecule has 2 aliphatic carbocycles. The molecule has 20 heteroatoms. The van der Waals surface area contributed by atoms with Crippen LogP contribution in [0.5, 0.6) is 0 Å². The highest BCUT2D eigenvalue weighted by molar-refractivity contribution is 9.10. The lowest BCUT2D eigenvalue weighted by Crippen LogP contribution is -2.59. The van der Waals surface area contributed by atoms with Gasteiger partial charge in [-0.2, -0.15) is 26.3 Å². The van der Waals surface area contributed by atoms with Gasteiger partial charge in [-0.25, -0.2) is 18.4 Å². The van der Waals surface area contributed by atoms with Gasteiger partial charge in [0.2, 0.25) is 11.1 Å². The predicted molar refractivity (Wildman–Crippen MR) is 195 cm³/mol. The molecular weight excluding hydrogens is 805 g/mol. The zero-order valence-corrected chi connectivity index (χ0v) is 30.6. The van der Waals surface area contributed by atoms with Gasteiger partial charge in [0.25, 0.3) is 0 Å². The lowest BCUT2D eigenvalue weighted by molar-refractivity contribution is -0.179. The normalized spacial score (nSPS) is 24.3. The highest BCUT2D eigenvalue weighted by atomic mass is 79.9. The molecule has 0 spiro atoms. The average Bonchev–Trinajstić information content (AvgIpc) is 3.99. The molecular formula is C35H34B3BrF8N4O4. The van der Waals surface area contributed by atoms with E-state index in [1.54, 1.807) is 27.7 Å². The molecule has 0 aromatic heterocycles. The summed E-state index contributed by atoms with van der Waals surface area (Å²) in [6.45, 7) is 7.10. The largest absolute Gasteiger partial charge is 0.497 e. The topological polar surface area (TPSA) is 101 Å². The minimum Gasteiger partial charge on any atom is -0.399 e. The van der Waals surface area contributed by atoms with Gasteiger partial charge in [0.05, 0.1) is 21.4 Å². The van der Waals surface area contributed by atoms with E-state index in [2.05, 4.69) is 65.7 Å². The first kappa shape index (κ1) is 43.9. The number of halogens is 9. The van der Waals surface area contributed by atoms with Gasteiger partial charge < -0.3 is 30.6 Å². The standard InChI is InChI=1S/C20H21BF4N2O3.C14H9BrF4N2O.CH4.B2/c1-17(2)18(3,4)30-21(29-17)13-10-15-12(9-14(13)22)19(20(23,24)25,27-16(28)26-15)8-7-11-5-6-11;15-9-6-11-8(5-10(9)16)13(14(17,18)19,21-12(22)20-11)4-3-7-1-2-7;;1-2/h9-11H,5-6H2,1-4H3,(H2,26,27,28);5-7H,1-2H2,(H2,20,21,22);1H4;. The number of carbonyl (C=O) groups excluding carboxylic acids is 2. The third-order valence-corrected chi connectivity index (χ3v) is 10.2. The van der Waals surface area contributed by atoms with Gasteiger partial charge >= 0.3 is 31.5 Å². The Balaban J connectivity index is 0.000000240. The summed E-state index contributed by atoms with van der Waals surface area (Å²) < 4.78 is 124. The summed E-state index contributed by atoms with van der Waals surface area (Å²) in [6, 6.07) is 1.61. The minimum atomic E-state index is -4.96. The summed E-state index contributed by atoms with van der Waals surface area (Å²) in [4.78, 5) is 23.8. The number of fused-ring (bicyclic) bond motifs is 2. The Morgan fingerprint density at radius 3 is 1.49 bits per heavy atom. The lowest BCUT2D eigenvalue weighted by atomic mass is 9.75. The zero-order valence-electron chi connectivity index (χ0n) is 29.1. The second-order valence-corrected chi connectivity index (χ2v) is 14.9. The van der Waals surface area contributed by atoms with Crippen molar-refractivity contribution >= 4 is 67.4 Å². The smallest absolute Gasteiger partial charge is 0.399 e. The molecule has 2 unspecified atom stereocenters. The third kappa shape index (κ3) is 8.47. The van der Waals surface area contributed by atoms with Gasteiger partial charge in [0.15, 0.2) is 0 Å². The first-order chi connectivity index (χ1) is 25.0. The van der Waals surface area contributed by atoms with Crippen molar-refractivity contribution in [3.63, 3.8) is 0 Å². The van der Waals surface area contributed by atoms with Crippen LogP contribution in [0.4, 0.5) is 56.1 Å². The Labute approximate surface area is 324 Å². The number of amides is 4. The van der Waals surface area contributed by atoms with Gasteiger partial charge in [-0.1, -0.05) is 31.1 Å². The van der Waals surface area contributed by atoms with Crippen molar-refractivity contribution in [2.75, 3.05) is 10.6 Å². The number of carbonyl (C=O) groups is 2. The maximum absolute atomic E-state index is 15.1. The van der Waals surface area contributed by atoms with Crippen molar-refractivity contribution in [1.82, 2.24) is 10.6 Å². The minimum absolute atomic E-state index is 0. The third-order valence-electron chi connectivity index (χ3n) is 9.54. The first-order valence-electron chi connectivity index (χ1n) is 16.4. The van der Waals surface area contributed by atoms with Crippen LogP contribution in [0, 0.1) is 47.2 Å². The van der Waals surface area contributed by atoms with E-state index in [0.717, 1.165) is 37.1 Å². The molecule has 3 aliphatic heterocycles. The van der Waals surface area contributed by atoms with Crippen molar-refractivity contribution in [2.24, 2.45) is 11.8 Å². The predicted octanol–water partition coefficient (Wildman–Crippen LogP) is 7.20. The van der Waals surface area contributed by atoms with Crippen LogP contribution in [0.1, 0.15) is 71.9 Å². The molecule has 2 saturated carbocycles. The molecule has 3 fully saturated rings. The molecule has 2 atom stereocenters. The van der Waals surface area contributed by atoms with E-state index >= 15 is 4.39 Å². The highest BCUT2D eigenvalue weighted by Gasteiger charge is 2.61. The molecule has 0 bridgehead atoms. The average molecular weight is 839 g/mol. The fraction of sp³-hybridized carbons (Fsp3) is 0.486. The molecule has 55 heavy (non-hydrogen) atoms. The molecule has 5 aliphatic rings. The Bertz CT molecular complexity index is 1970. The van der Waals surface area contributed by atoms with E-state index in [9.17, 15) is 40.3 Å². The van der Waals surface area contributed by atoms with Gasteiger partial charge in [-0.15, -0.1) is 0 Å². The van der Waals surface area contributed by atoms with Crippen molar-refractivity contribution in [1.29, 1.82) is 0 Å². The summed E-state index contributed by atoms with van der Waals surface area (Å²) in [5.41, 5.74) is -8.80. The number of rotatable bonds is 1. The van der Waals surface area contributed by atoms with E-state index in [-0.39, 0.29) is 40.6 Å². The monoisotopic (exact) mass is 838 g/mol. The van der Waals surface area contributed by atoms with Crippen molar-refractivity contribution < 1.29 is 54.0 Å². The maximum Gasteiger partial charge on any atom is 0.497 e. The van der Waals surface area contributed by atoms with E-state index < -0.39 is 76.6 Å². The second-order valence-electron chi connectivity index (χ2n) is 14.1. The fourth-order valence-corrected chi connectivity index (χ4v) is 5.90. The van der Waals surface area contributed by atoms with Gasteiger partial charge in [0, 0.05) is 49.6 Å². The summed E-state index contributed by atoms with van der Waals surface area (Å²) >= 11 is 2.89. The number of anilines is 2. The van der Waals surface area contributed by atoms with Crippen LogP contribution in [0.15, 0.2) is 28.7 Å². The molecule has 2 aromatic rings. The quantitative estimate of drug-likeness (QED) is 0.139. The first-order valence-corrected chi connectivity index (χ1v) is 17.2. The summed E-state index contributed by atoms with van der Waals surface area (Å²) in [7, 11) is 6.87. The highest BCUT2D eigenvalue weighted by Crippen LogP contribution is 2.47. The van der Waals surface area contributed by atoms with Gasteiger partial charge in [0.1, 0.15) is 11.6 Å². The molecule has 4 amide bonds. The van der Waals surface area contributed by atoms with E-state index in [4.69, 9.17) is 9.31 Å². The number of hydrogen-bond acceptors (Lipinski definition) is 4. The SMILES string of the molecule is C.CC1(C)OB(c2cc3c(cc2F)C(C#CC2CC2)(C(F)(F)F)NC(=O)N3)OC1(C)C.O=C1Nc2cc(Br)c(F)cc2C(C#CC2CC2)(C(F)(F)F)N1.[B][B]. The van der Waals surface area contributed by atoms with Crippen molar-refractivity contribution in [2.45, 2.75) is 95.4 Å². The lowest BCUT2D eigenvalue weighted by Gasteiger charge is -2.37. The summed E-state index contributed by atoms with van der Waals surface area (Å²) in [6.07, 6.45) is -6.98. The number of nitrogens with one attached hydrogen (secondary N) is 4. The molecule has 2 aromatic carbocycles. The molecule has 3 heterocycles. The molecule has 1 saturated heterocycles. The molecule has 8 nitrogen and oxygen atoms in total. The van der Waals surface area contributed by atoms with Crippen LogP contribution in [-0.2, 0) is 20.4 Å². The Hall–Kier alpha value is -3.87. The Morgan fingerprint density at radius 2 is 1.11 bits per heavy atom. The number of hydrogen-bond donors (Lipinski definition) is 4. The van der Waals surface area contributed by atoms with Crippen molar-refractivity contribution in [3.8, 4) is 23.7 Å². The number of alkyl halides is 6. The van der Waals surface area contributed by atoms with E-state index in [1.807, 2.05) is 10.6 Å². The Morgan fingerprint density at radius 1 is 0.727 bits per heavy atom.